The number of benzene rings is 1. The minimum atomic E-state index is -3.86. The SMILES string of the molecule is NS(=O)(=O)c1ccccc1NC(=O)CCCCO. The van der Waals surface area contributed by atoms with Crippen molar-refractivity contribution in [2.24, 2.45) is 5.14 Å². The van der Waals surface area contributed by atoms with Crippen LogP contribution in [-0.2, 0) is 14.8 Å². The highest BCUT2D eigenvalue weighted by molar-refractivity contribution is 7.89. The lowest BCUT2D eigenvalue weighted by molar-refractivity contribution is -0.116. The summed E-state index contributed by atoms with van der Waals surface area (Å²) < 4.78 is 22.6. The number of anilines is 1. The smallest absolute Gasteiger partial charge is 0.240 e. The fourth-order valence-corrected chi connectivity index (χ4v) is 2.12. The van der Waals surface area contributed by atoms with E-state index in [1.807, 2.05) is 0 Å². The van der Waals surface area contributed by atoms with E-state index in [1.54, 1.807) is 6.07 Å². The van der Waals surface area contributed by atoms with Crippen LogP contribution in [0.4, 0.5) is 5.69 Å². The summed E-state index contributed by atoms with van der Waals surface area (Å²) >= 11 is 0. The summed E-state index contributed by atoms with van der Waals surface area (Å²) in [5, 5.41) is 16.1. The molecule has 0 aliphatic rings. The van der Waals surface area contributed by atoms with Gasteiger partial charge < -0.3 is 10.4 Å². The second-order valence-corrected chi connectivity index (χ2v) is 5.30. The van der Waals surface area contributed by atoms with Gasteiger partial charge in [0, 0.05) is 13.0 Å². The number of hydrogen-bond acceptors (Lipinski definition) is 4. The van der Waals surface area contributed by atoms with Gasteiger partial charge in [-0.05, 0) is 25.0 Å². The molecule has 0 fully saturated rings. The number of unbranched alkanes of at least 4 members (excludes halogenated alkanes) is 1. The van der Waals surface area contributed by atoms with Crippen LogP contribution in [0.15, 0.2) is 29.2 Å². The number of carbonyl (C=O) groups excluding carboxylic acids is 1. The first-order valence-corrected chi connectivity index (χ1v) is 7.02. The molecule has 18 heavy (non-hydrogen) atoms. The summed E-state index contributed by atoms with van der Waals surface area (Å²) in [6.45, 7) is 0.0288. The topological polar surface area (TPSA) is 109 Å². The third kappa shape index (κ3) is 4.44. The monoisotopic (exact) mass is 272 g/mol. The Morgan fingerprint density at radius 3 is 2.56 bits per heavy atom. The summed E-state index contributed by atoms with van der Waals surface area (Å²) in [7, 11) is -3.86. The molecular formula is C11H16N2O4S. The maximum atomic E-state index is 11.5. The third-order valence-corrected chi connectivity index (χ3v) is 3.25. The van der Waals surface area contributed by atoms with E-state index in [9.17, 15) is 13.2 Å². The van der Waals surface area contributed by atoms with Gasteiger partial charge in [0.15, 0.2) is 0 Å². The van der Waals surface area contributed by atoms with Crippen LogP contribution in [0.2, 0.25) is 0 Å². The summed E-state index contributed by atoms with van der Waals surface area (Å²) in [6.07, 6.45) is 1.30. The molecule has 0 unspecified atom stereocenters. The van der Waals surface area contributed by atoms with E-state index < -0.39 is 10.0 Å². The fraction of sp³-hybridized carbons (Fsp3) is 0.364. The van der Waals surface area contributed by atoms with E-state index in [2.05, 4.69) is 5.32 Å². The van der Waals surface area contributed by atoms with Crippen LogP contribution in [0.3, 0.4) is 0 Å². The molecule has 0 bridgehead atoms. The van der Waals surface area contributed by atoms with E-state index >= 15 is 0 Å². The lowest BCUT2D eigenvalue weighted by Crippen LogP contribution is -2.18. The quantitative estimate of drug-likeness (QED) is 0.652. The van der Waals surface area contributed by atoms with E-state index in [1.165, 1.54) is 18.2 Å². The number of para-hydroxylation sites is 1. The average Bonchev–Trinajstić information content (AvgIpc) is 2.28. The molecule has 0 aliphatic heterocycles. The molecule has 0 atom stereocenters. The molecule has 4 N–H and O–H groups in total. The van der Waals surface area contributed by atoms with Gasteiger partial charge in [0.25, 0.3) is 0 Å². The highest BCUT2D eigenvalue weighted by Gasteiger charge is 2.14. The summed E-state index contributed by atoms with van der Waals surface area (Å²) in [4.78, 5) is 11.4. The molecule has 0 aromatic heterocycles. The second-order valence-electron chi connectivity index (χ2n) is 3.77. The molecule has 1 rings (SSSR count). The van der Waals surface area contributed by atoms with Crippen LogP contribution in [0.1, 0.15) is 19.3 Å². The van der Waals surface area contributed by atoms with Crippen LogP contribution in [0.25, 0.3) is 0 Å². The first-order chi connectivity index (χ1) is 8.45. The third-order valence-electron chi connectivity index (χ3n) is 2.28. The molecule has 0 saturated heterocycles. The van der Waals surface area contributed by atoms with Crippen LogP contribution in [0.5, 0.6) is 0 Å². The molecule has 0 spiro atoms. The van der Waals surface area contributed by atoms with Crippen LogP contribution < -0.4 is 10.5 Å². The number of rotatable bonds is 6. The molecule has 0 saturated carbocycles. The van der Waals surface area contributed by atoms with Crippen LogP contribution >= 0.6 is 0 Å². The molecular weight excluding hydrogens is 256 g/mol. The van der Waals surface area contributed by atoms with Crippen molar-refractivity contribution < 1.29 is 18.3 Å². The standard InChI is InChI=1S/C11H16N2O4S/c12-18(16,17)10-6-2-1-5-9(10)13-11(15)7-3-4-8-14/h1-2,5-6,14H,3-4,7-8H2,(H,13,15)(H2,12,16,17). The maximum absolute atomic E-state index is 11.5. The number of carbonyl (C=O) groups is 1. The Labute approximate surface area is 106 Å². The predicted molar refractivity (Wildman–Crippen MR) is 67.4 cm³/mol. The van der Waals surface area contributed by atoms with Gasteiger partial charge in [0.2, 0.25) is 15.9 Å². The summed E-state index contributed by atoms with van der Waals surface area (Å²) in [6, 6.07) is 5.95. The lowest BCUT2D eigenvalue weighted by Gasteiger charge is -2.09. The van der Waals surface area contributed by atoms with Gasteiger partial charge in [0.1, 0.15) is 4.90 Å². The van der Waals surface area contributed by atoms with E-state index in [4.69, 9.17) is 10.2 Å². The number of sulfonamides is 1. The van der Waals surface area contributed by atoms with Crippen molar-refractivity contribution in [2.75, 3.05) is 11.9 Å². The Bertz CT molecular complexity index is 514. The van der Waals surface area contributed by atoms with Crippen molar-refractivity contribution in [2.45, 2.75) is 24.2 Å². The molecule has 0 aliphatic carbocycles. The number of nitrogens with one attached hydrogen (secondary N) is 1. The van der Waals surface area contributed by atoms with Gasteiger partial charge in [-0.1, -0.05) is 12.1 Å². The summed E-state index contributed by atoms with van der Waals surface area (Å²) in [5.41, 5.74) is 0.175. The Balaban J connectivity index is 2.76. The maximum Gasteiger partial charge on any atom is 0.240 e. The van der Waals surface area contributed by atoms with Crippen molar-refractivity contribution in [1.82, 2.24) is 0 Å². The zero-order valence-corrected chi connectivity index (χ0v) is 10.6. The second kappa shape index (κ2) is 6.48. The van der Waals surface area contributed by atoms with Crippen molar-refractivity contribution in [3.8, 4) is 0 Å². The predicted octanol–water partition coefficient (Wildman–Crippen LogP) is 0.435. The first-order valence-electron chi connectivity index (χ1n) is 5.47. The van der Waals surface area contributed by atoms with Gasteiger partial charge in [-0.2, -0.15) is 0 Å². The largest absolute Gasteiger partial charge is 0.396 e. The highest BCUT2D eigenvalue weighted by Crippen LogP contribution is 2.19. The number of amides is 1. The minimum absolute atomic E-state index is 0.0288. The molecule has 1 amide bonds. The number of hydrogen-bond donors (Lipinski definition) is 3. The molecule has 0 radical (unpaired) electrons. The normalized spacial score (nSPS) is 11.2. The highest BCUT2D eigenvalue weighted by atomic mass is 32.2. The van der Waals surface area contributed by atoms with Crippen LogP contribution in [-0.4, -0.2) is 26.0 Å². The number of primary sulfonamides is 1. The van der Waals surface area contributed by atoms with E-state index in [0.717, 1.165) is 0 Å². The molecule has 1 aromatic carbocycles. The van der Waals surface area contributed by atoms with Crippen molar-refractivity contribution in [3.63, 3.8) is 0 Å². The Hall–Kier alpha value is -1.44. The lowest BCUT2D eigenvalue weighted by atomic mass is 10.2. The number of aliphatic hydroxyl groups excluding tert-OH is 1. The van der Waals surface area contributed by atoms with Gasteiger partial charge in [-0.15, -0.1) is 0 Å². The Morgan fingerprint density at radius 2 is 1.94 bits per heavy atom. The van der Waals surface area contributed by atoms with E-state index in [0.29, 0.717) is 12.8 Å². The Kier molecular flexibility index (Phi) is 5.26. The average molecular weight is 272 g/mol. The van der Waals surface area contributed by atoms with Crippen molar-refractivity contribution in [1.29, 1.82) is 0 Å². The van der Waals surface area contributed by atoms with Crippen molar-refractivity contribution >= 4 is 21.6 Å². The van der Waals surface area contributed by atoms with Gasteiger partial charge in [-0.25, -0.2) is 13.6 Å². The Morgan fingerprint density at radius 1 is 1.28 bits per heavy atom. The zero-order valence-electron chi connectivity index (χ0n) is 9.80. The molecule has 7 heteroatoms. The van der Waals surface area contributed by atoms with Gasteiger partial charge in [0.05, 0.1) is 5.69 Å². The molecule has 100 valence electrons. The minimum Gasteiger partial charge on any atom is -0.396 e. The fourth-order valence-electron chi connectivity index (χ4n) is 1.43. The number of nitrogens with two attached hydrogens (primary N) is 1. The summed E-state index contributed by atoms with van der Waals surface area (Å²) in [5.74, 6) is -0.306. The van der Waals surface area contributed by atoms with Gasteiger partial charge >= 0.3 is 0 Å². The van der Waals surface area contributed by atoms with Crippen LogP contribution in [0, 0.1) is 0 Å². The molecule has 1 aromatic rings. The number of aliphatic hydroxyl groups is 1. The van der Waals surface area contributed by atoms with Crippen molar-refractivity contribution in [3.05, 3.63) is 24.3 Å². The zero-order chi connectivity index (χ0) is 13.6. The molecule has 6 nitrogen and oxygen atoms in total. The molecule has 0 heterocycles. The van der Waals surface area contributed by atoms with Gasteiger partial charge in [-0.3, -0.25) is 4.79 Å². The first kappa shape index (κ1) is 14.6. The van der Waals surface area contributed by atoms with E-state index in [-0.39, 0.29) is 29.5 Å².